The van der Waals surface area contributed by atoms with Gasteiger partial charge in [0.1, 0.15) is 11.9 Å². The molecule has 4 rings (SSSR count). The van der Waals surface area contributed by atoms with Crippen LogP contribution in [0.2, 0.25) is 10.0 Å². The minimum absolute atomic E-state index is 0.171. The zero-order chi connectivity index (χ0) is 27.8. The Morgan fingerprint density at radius 2 is 1.61 bits per heavy atom. The number of nitrogens with zero attached hydrogens (tertiary/aromatic N) is 3. The fraction of sp³-hybridized carbons (Fsp3) is 0.480. The zero-order valence-electron chi connectivity index (χ0n) is 20.8. The molecule has 13 heteroatoms. The monoisotopic (exact) mass is 593 g/mol. The smallest absolute Gasteiger partial charge is 0.416 e. The number of hydrogen-bond donors (Lipinski definition) is 0. The average Bonchev–Trinajstić information content (AvgIpc) is 3.30. The Kier molecular flexibility index (Phi) is 8.42. The van der Waals surface area contributed by atoms with Gasteiger partial charge in [-0.1, -0.05) is 29.3 Å². The van der Waals surface area contributed by atoms with Crippen LogP contribution in [0.5, 0.6) is 5.75 Å². The number of urea groups is 1. The molecule has 0 unspecified atom stereocenters. The number of piperazine rings is 1. The molecule has 0 bridgehead atoms. The van der Waals surface area contributed by atoms with Gasteiger partial charge < -0.3 is 14.5 Å². The number of carbonyl (C=O) groups is 1. The van der Waals surface area contributed by atoms with E-state index in [-0.39, 0.29) is 44.0 Å². The molecule has 0 aliphatic carbocycles. The van der Waals surface area contributed by atoms with Gasteiger partial charge in [-0.25, -0.2) is 13.2 Å². The van der Waals surface area contributed by atoms with E-state index in [1.807, 2.05) is 13.0 Å². The first-order valence-corrected chi connectivity index (χ1v) is 14.6. The molecule has 2 aliphatic rings. The second-order valence-corrected chi connectivity index (χ2v) is 12.4. The highest BCUT2D eigenvalue weighted by Gasteiger charge is 2.42. The van der Waals surface area contributed by atoms with Crippen molar-refractivity contribution < 1.29 is 31.1 Å². The van der Waals surface area contributed by atoms with Gasteiger partial charge in [0.15, 0.2) is 0 Å². The molecule has 2 aromatic carbocycles. The van der Waals surface area contributed by atoms with Gasteiger partial charge >= 0.3 is 12.2 Å². The van der Waals surface area contributed by atoms with E-state index in [1.165, 1.54) is 16.4 Å². The molecule has 0 radical (unpaired) electrons. The van der Waals surface area contributed by atoms with Gasteiger partial charge in [-0.15, -0.1) is 0 Å². The number of benzene rings is 2. The SMILES string of the molecule is C[C@H](Oc1ccc(C(F)(F)F)cc1)[C@@H]1CN(C(=O)N2CCN(S(C)(=O)=O)CC2)C[C@H]1c1ccc(Cl)c(Cl)c1. The fourth-order valence-electron chi connectivity index (χ4n) is 4.99. The molecule has 7 nitrogen and oxygen atoms in total. The lowest BCUT2D eigenvalue weighted by atomic mass is 9.85. The molecule has 38 heavy (non-hydrogen) atoms. The predicted octanol–water partition coefficient (Wildman–Crippen LogP) is 5.19. The molecule has 0 aromatic heterocycles. The number of carbonyl (C=O) groups excluding carboxylic acids is 1. The van der Waals surface area contributed by atoms with Gasteiger partial charge in [-0.2, -0.15) is 17.5 Å². The quantitative estimate of drug-likeness (QED) is 0.478. The Morgan fingerprint density at radius 1 is 0.974 bits per heavy atom. The molecule has 208 valence electrons. The third kappa shape index (κ3) is 6.50. The van der Waals surface area contributed by atoms with Crippen LogP contribution < -0.4 is 4.74 Å². The summed E-state index contributed by atoms with van der Waals surface area (Å²) in [5.41, 5.74) is 0.101. The summed E-state index contributed by atoms with van der Waals surface area (Å²) < 4.78 is 69.9. The number of rotatable bonds is 5. The minimum Gasteiger partial charge on any atom is -0.490 e. The van der Waals surface area contributed by atoms with Crippen LogP contribution >= 0.6 is 23.2 Å². The topological polar surface area (TPSA) is 70.2 Å². The van der Waals surface area contributed by atoms with Crippen LogP contribution in [0.1, 0.15) is 24.0 Å². The lowest BCUT2D eigenvalue weighted by Gasteiger charge is -2.35. The highest BCUT2D eigenvalue weighted by atomic mass is 35.5. The van der Waals surface area contributed by atoms with E-state index in [2.05, 4.69) is 0 Å². The van der Waals surface area contributed by atoms with Crippen molar-refractivity contribution in [2.75, 3.05) is 45.5 Å². The van der Waals surface area contributed by atoms with Gasteiger partial charge in [0.25, 0.3) is 0 Å². The van der Waals surface area contributed by atoms with Crippen molar-refractivity contribution in [3.05, 3.63) is 63.6 Å². The summed E-state index contributed by atoms with van der Waals surface area (Å²) in [4.78, 5) is 16.7. The van der Waals surface area contributed by atoms with E-state index in [0.717, 1.165) is 24.0 Å². The largest absolute Gasteiger partial charge is 0.490 e. The third-order valence-electron chi connectivity index (χ3n) is 7.09. The van der Waals surface area contributed by atoms with Crippen LogP contribution in [0.15, 0.2) is 42.5 Å². The van der Waals surface area contributed by atoms with Crippen LogP contribution in [0.25, 0.3) is 0 Å². The maximum atomic E-state index is 13.4. The molecular weight excluding hydrogens is 566 g/mol. The minimum atomic E-state index is -4.44. The van der Waals surface area contributed by atoms with Crippen molar-refractivity contribution >= 4 is 39.3 Å². The summed E-state index contributed by atoms with van der Waals surface area (Å²) in [6, 6.07) is 9.60. The average molecular weight is 594 g/mol. The van der Waals surface area contributed by atoms with Crippen LogP contribution in [0.4, 0.5) is 18.0 Å². The van der Waals surface area contributed by atoms with E-state index in [4.69, 9.17) is 27.9 Å². The number of hydrogen-bond acceptors (Lipinski definition) is 4. The highest BCUT2D eigenvalue weighted by molar-refractivity contribution is 7.88. The van der Waals surface area contributed by atoms with Crippen molar-refractivity contribution in [1.82, 2.24) is 14.1 Å². The Morgan fingerprint density at radius 3 is 2.16 bits per heavy atom. The standard InChI is InChI=1S/C25H28Cl2F3N3O4S/c1-16(37-19-6-4-18(5-7-19)25(28,29)30)20-14-32(15-21(20)17-3-8-22(26)23(27)13-17)24(34)31-9-11-33(12-10-31)38(2,35)36/h3-8,13,16,20-21H,9-12,14-15H2,1-2H3/t16-,20-,21-/m0/s1. The van der Waals surface area contributed by atoms with Crippen LogP contribution in [-0.4, -0.2) is 80.2 Å². The van der Waals surface area contributed by atoms with Gasteiger partial charge in [-0.3, -0.25) is 0 Å². The summed E-state index contributed by atoms with van der Waals surface area (Å²) in [6.07, 6.45) is -3.75. The Bertz CT molecular complexity index is 1270. The van der Waals surface area contributed by atoms with E-state index >= 15 is 0 Å². The maximum absolute atomic E-state index is 13.4. The number of alkyl halides is 3. The van der Waals surface area contributed by atoms with Crippen LogP contribution in [-0.2, 0) is 16.2 Å². The van der Waals surface area contributed by atoms with E-state index in [0.29, 0.717) is 28.9 Å². The molecule has 2 heterocycles. The summed E-state index contributed by atoms with van der Waals surface area (Å²) in [5, 5.41) is 0.775. The van der Waals surface area contributed by atoms with Crippen LogP contribution in [0.3, 0.4) is 0 Å². The normalized spacial score (nSPS) is 22.0. The third-order valence-corrected chi connectivity index (χ3v) is 9.13. The number of ether oxygens (including phenoxy) is 1. The molecule has 3 atom stereocenters. The van der Waals surface area contributed by atoms with E-state index in [9.17, 15) is 26.4 Å². The molecule has 0 saturated carbocycles. The molecule has 0 N–H and O–H groups in total. The summed E-state index contributed by atoms with van der Waals surface area (Å²) in [7, 11) is -3.33. The van der Waals surface area contributed by atoms with Gasteiger partial charge in [0.05, 0.1) is 21.9 Å². The van der Waals surface area contributed by atoms with E-state index in [1.54, 1.807) is 21.9 Å². The molecule has 0 spiro atoms. The molecule has 2 aliphatic heterocycles. The molecule has 2 saturated heterocycles. The highest BCUT2D eigenvalue weighted by Crippen LogP contribution is 2.39. The Labute approximate surface area is 230 Å². The fourth-order valence-corrected chi connectivity index (χ4v) is 6.13. The van der Waals surface area contributed by atoms with Crippen molar-refractivity contribution in [2.24, 2.45) is 5.92 Å². The molecule has 2 fully saturated rings. The van der Waals surface area contributed by atoms with E-state index < -0.39 is 27.9 Å². The van der Waals surface area contributed by atoms with Crippen molar-refractivity contribution in [1.29, 1.82) is 0 Å². The summed E-state index contributed by atoms with van der Waals surface area (Å²) >= 11 is 12.4. The number of likely N-dealkylation sites (tertiary alicyclic amines) is 1. The van der Waals surface area contributed by atoms with Crippen LogP contribution in [0, 0.1) is 5.92 Å². The number of sulfonamides is 1. The molecule has 2 amide bonds. The number of amides is 2. The first-order valence-electron chi connectivity index (χ1n) is 12.0. The first-order chi connectivity index (χ1) is 17.7. The van der Waals surface area contributed by atoms with Crippen molar-refractivity contribution in [3.63, 3.8) is 0 Å². The van der Waals surface area contributed by atoms with Gasteiger partial charge in [0, 0.05) is 51.1 Å². The second kappa shape index (κ2) is 11.1. The van der Waals surface area contributed by atoms with Gasteiger partial charge in [0.2, 0.25) is 10.0 Å². The second-order valence-electron chi connectivity index (χ2n) is 9.63. The zero-order valence-corrected chi connectivity index (χ0v) is 23.1. The van der Waals surface area contributed by atoms with Crippen molar-refractivity contribution in [2.45, 2.75) is 25.1 Å². The summed E-state index contributed by atoms with van der Waals surface area (Å²) in [6.45, 7) is 3.55. The summed E-state index contributed by atoms with van der Waals surface area (Å²) in [5.74, 6) is -0.0775. The first kappa shape index (κ1) is 28.8. The lowest BCUT2D eigenvalue weighted by molar-refractivity contribution is -0.137. The molecular formula is C25H28Cl2F3N3O4S. The maximum Gasteiger partial charge on any atom is 0.416 e. The van der Waals surface area contributed by atoms with Crippen molar-refractivity contribution in [3.8, 4) is 5.75 Å². The predicted molar refractivity (Wildman–Crippen MR) is 139 cm³/mol. The Balaban J connectivity index is 1.52. The number of halogens is 5. The lowest BCUT2D eigenvalue weighted by Crippen LogP contribution is -2.53. The Hall–Kier alpha value is -2.21. The molecule has 2 aromatic rings. The van der Waals surface area contributed by atoms with Gasteiger partial charge in [-0.05, 0) is 48.9 Å².